The fraction of sp³-hybridized carbons (Fsp3) is 0.0357. The quantitative estimate of drug-likeness (QED) is 0.321. The standard InChI is InChI=1S/C28H20N4O2/c1-17-6-4-11-24-25(17)31-28(34-24)23-16-29-32-26(23)19-12-14-20(15-13-19)30-27(33)22-10-5-8-18-7-2-3-9-21(18)22/h2-16H,1H3,(H,29,32)(H,30,33). The first-order valence-corrected chi connectivity index (χ1v) is 11.0. The molecule has 0 atom stereocenters. The molecule has 6 rings (SSSR count). The van der Waals surface area contributed by atoms with Crippen LogP contribution < -0.4 is 5.32 Å². The molecular formula is C28H20N4O2. The van der Waals surface area contributed by atoms with Crippen molar-refractivity contribution in [1.29, 1.82) is 0 Å². The van der Waals surface area contributed by atoms with Crippen LogP contribution in [0.2, 0.25) is 0 Å². The summed E-state index contributed by atoms with van der Waals surface area (Å²) in [4.78, 5) is 17.6. The molecule has 1 amide bonds. The van der Waals surface area contributed by atoms with Gasteiger partial charge in [-0.15, -0.1) is 0 Å². The molecule has 0 aliphatic carbocycles. The van der Waals surface area contributed by atoms with Crippen molar-refractivity contribution in [1.82, 2.24) is 15.2 Å². The summed E-state index contributed by atoms with van der Waals surface area (Å²) < 4.78 is 5.99. The summed E-state index contributed by atoms with van der Waals surface area (Å²) >= 11 is 0. The molecule has 2 aromatic heterocycles. The number of benzene rings is 4. The number of rotatable bonds is 4. The Morgan fingerprint density at radius 2 is 1.71 bits per heavy atom. The maximum absolute atomic E-state index is 12.9. The Morgan fingerprint density at radius 3 is 2.56 bits per heavy atom. The molecule has 6 nitrogen and oxygen atoms in total. The summed E-state index contributed by atoms with van der Waals surface area (Å²) in [5.41, 5.74) is 6.49. The molecule has 0 fully saturated rings. The van der Waals surface area contributed by atoms with Gasteiger partial charge in [-0.05, 0) is 47.5 Å². The topological polar surface area (TPSA) is 83.8 Å². The normalized spacial score (nSPS) is 11.2. The Morgan fingerprint density at radius 1 is 0.912 bits per heavy atom. The number of carbonyl (C=O) groups is 1. The third-order valence-corrected chi connectivity index (χ3v) is 5.96. The van der Waals surface area contributed by atoms with Crippen molar-refractivity contribution in [3.05, 3.63) is 102 Å². The number of aromatic nitrogens is 3. The molecule has 6 aromatic rings. The van der Waals surface area contributed by atoms with E-state index in [1.165, 1.54) is 0 Å². The zero-order valence-corrected chi connectivity index (χ0v) is 18.4. The molecule has 0 radical (unpaired) electrons. The summed E-state index contributed by atoms with van der Waals surface area (Å²) in [7, 11) is 0. The number of hydrogen-bond acceptors (Lipinski definition) is 4. The number of hydrogen-bond donors (Lipinski definition) is 2. The highest BCUT2D eigenvalue weighted by Gasteiger charge is 2.17. The zero-order valence-electron chi connectivity index (χ0n) is 18.4. The van der Waals surface area contributed by atoms with E-state index in [0.29, 0.717) is 17.1 Å². The highest BCUT2D eigenvalue weighted by Crippen LogP contribution is 2.33. The minimum atomic E-state index is -0.145. The number of fused-ring (bicyclic) bond motifs is 2. The van der Waals surface area contributed by atoms with Crippen LogP contribution in [0, 0.1) is 6.92 Å². The molecule has 4 aromatic carbocycles. The molecule has 34 heavy (non-hydrogen) atoms. The van der Waals surface area contributed by atoms with E-state index in [2.05, 4.69) is 20.5 Å². The minimum Gasteiger partial charge on any atom is -0.436 e. The largest absolute Gasteiger partial charge is 0.436 e. The van der Waals surface area contributed by atoms with Crippen LogP contribution in [0.5, 0.6) is 0 Å². The molecule has 0 aliphatic heterocycles. The van der Waals surface area contributed by atoms with E-state index in [9.17, 15) is 4.79 Å². The van der Waals surface area contributed by atoms with Gasteiger partial charge in [0.2, 0.25) is 5.89 Å². The van der Waals surface area contributed by atoms with Crippen molar-refractivity contribution in [2.75, 3.05) is 5.32 Å². The van der Waals surface area contributed by atoms with E-state index in [0.717, 1.165) is 44.3 Å². The Hall–Kier alpha value is -4.71. The second-order valence-electron chi connectivity index (χ2n) is 8.16. The van der Waals surface area contributed by atoms with E-state index in [4.69, 9.17) is 4.42 Å². The monoisotopic (exact) mass is 444 g/mol. The first-order chi connectivity index (χ1) is 16.7. The lowest BCUT2D eigenvalue weighted by atomic mass is 10.0. The van der Waals surface area contributed by atoms with Gasteiger partial charge in [0.25, 0.3) is 5.91 Å². The number of anilines is 1. The van der Waals surface area contributed by atoms with Crippen molar-refractivity contribution in [3.63, 3.8) is 0 Å². The van der Waals surface area contributed by atoms with Gasteiger partial charge < -0.3 is 9.73 Å². The number of H-pyrrole nitrogens is 1. The van der Waals surface area contributed by atoms with Crippen LogP contribution in [-0.2, 0) is 0 Å². The second-order valence-corrected chi connectivity index (χ2v) is 8.16. The SMILES string of the molecule is Cc1cccc2oc(-c3cn[nH]c3-c3ccc(NC(=O)c4cccc5ccccc45)cc3)nc12. The molecule has 0 saturated heterocycles. The molecule has 2 heterocycles. The van der Waals surface area contributed by atoms with Crippen molar-refractivity contribution in [2.45, 2.75) is 6.92 Å². The summed E-state index contributed by atoms with van der Waals surface area (Å²) in [5.74, 6) is 0.370. The van der Waals surface area contributed by atoms with Crippen LogP contribution >= 0.6 is 0 Å². The number of amides is 1. The Bertz CT molecular complexity index is 1660. The number of aryl methyl sites for hydroxylation is 1. The highest BCUT2D eigenvalue weighted by atomic mass is 16.3. The van der Waals surface area contributed by atoms with E-state index in [-0.39, 0.29) is 5.91 Å². The third-order valence-electron chi connectivity index (χ3n) is 5.96. The van der Waals surface area contributed by atoms with Gasteiger partial charge in [0.1, 0.15) is 5.52 Å². The Labute approximate surface area is 195 Å². The zero-order chi connectivity index (χ0) is 23.1. The summed E-state index contributed by atoms with van der Waals surface area (Å²) in [6, 6.07) is 27.1. The molecule has 0 saturated carbocycles. The van der Waals surface area contributed by atoms with Crippen molar-refractivity contribution < 1.29 is 9.21 Å². The fourth-order valence-electron chi connectivity index (χ4n) is 4.21. The number of nitrogens with zero attached hydrogens (tertiary/aromatic N) is 2. The molecule has 6 heteroatoms. The van der Waals surface area contributed by atoms with Crippen LogP contribution in [-0.4, -0.2) is 21.1 Å². The van der Waals surface area contributed by atoms with Crippen molar-refractivity contribution in [3.8, 4) is 22.7 Å². The van der Waals surface area contributed by atoms with Gasteiger partial charge in [0, 0.05) is 16.8 Å². The molecule has 0 aliphatic rings. The second kappa shape index (κ2) is 8.01. The fourth-order valence-corrected chi connectivity index (χ4v) is 4.21. The van der Waals surface area contributed by atoms with Gasteiger partial charge in [-0.1, -0.05) is 60.7 Å². The maximum atomic E-state index is 12.9. The summed E-state index contributed by atoms with van der Waals surface area (Å²) in [6.07, 6.45) is 1.71. The number of carbonyl (C=O) groups excluding carboxylic acids is 1. The average molecular weight is 444 g/mol. The van der Waals surface area contributed by atoms with Crippen LogP contribution in [0.4, 0.5) is 5.69 Å². The lowest BCUT2D eigenvalue weighted by molar-refractivity contribution is 0.102. The van der Waals surface area contributed by atoms with Gasteiger partial charge in [-0.3, -0.25) is 9.89 Å². The molecule has 0 spiro atoms. The van der Waals surface area contributed by atoms with Crippen molar-refractivity contribution >= 4 is 33.5 Å². The van der Waals surface area contributed by atoms with Crippen LogP contribution in [0.3, 0.4) is 0 Å². The predicted octanol–water partition coefficient (Wildman–Crippen LogP) is 6.60. The van der Waals surface area contributed by atoms with Crippen LogP contribution in [0.15, 0.2) is 95.5 Å². The van der Waals surface area contributed by atoms with E-state index < -0.39 is 0 Å². The predicted molar refractivity (Wildman–Crippen MR) is 134 cm³/mol. The number of oxazole rings is 1. The third kappa shape index (κ3) is 3.42. The lowest BCUT2D eigenvalue weighted by Crippen LogP contribution is -2.12. The number of nitrogens with one attached hydrogen (secondary N) is 2. The van der Waals surface area contributed by atoms with Gasteiger partial charge >= 0.3 is 0 Å². The van der Waals surface area contributed by atoms with Crippen LogP contribution in [0.1, 0.15) is 15.9 Å². The van der Waals surface area contributed by atoms with Crippen LogP contribution in [0.25, 0.3) is 44.6 Å². The minimum absolute atomic E-state index is 0.145. The smallest absolute Gasteiger partial charge is 0.256 e. The molecule has 0 unspecified atom stereocenters. The Kier molecular flexibility index (Phi) is 4.70. The summed E-state index contributed by atoms with van der Waals surface area (Å²) in [6.45, 7) is 2.01. The van der Waals surface area contributed by atoms with Gasteiger partial charge in [-0.2, -0.15) is 5.10 Å². The number of aromatic amines is 1. The lowest BCUT2D eigenvalue weighted by Gasteiger charge is -2.09. The first-order valence-electron chi connectivity index (χ1n) is 11.0. The summed E-state index contributed by atoms with van der Waals surface area (Å²) in [5, 5.41) is 12.2. The molecule has 164 valence electrons. The maximum Gasteiger partial charge on any atom is 0.256 e. The van der Waals surface area contributed by atoms with Gasteiger partial charge in [-0.25, -0.2) is 4.98 Å². The van der Waals surface area contributed by atoms with E-state index >= 15 is 0 Å². The molecule has 2 N–H and O–H groups in total. The van der Waals surface area contributed by atoms with E-state index in [1.807, 2.05) is 91.9 Å². The Balaban J connectivity index is 1.28. The average Bonchev–Trinajstić information content (AvgIpc) is 3.52. The first kappa shape index (κ1) is 19.9. The van der Waals surface area contributed by atoms with Gasteiger partial charge in [0.15, 0.2) is 5.58 Å². The van der Waals surface area contributed by atoms with Gasteiger partial charge in [0.05, 0.1) is 17.5 Å². The highest BCUT2D eigenvalue weighted by molar-refractivity contribution is 6.13. The molecule has 0 bridgehead atoms. The van der Waals surface area contributed by atoms with Crippen molar-refractivity contribution in [2.24, 2.45) is 0 Å². The van der Waals surface area contributed by atoms with E-state index in [1.54, 1.807) is 6.20 Å². The number of para-hydroxylation sites is 1. The molecular weight excluding hydrogens is 424 g/mol.